The van der Waals surface area contributed by atoms with E-state index in [4.69, 9.17) is 5.73 Å². The van der Waals surface area contributed by atoms with Gasteiger partial charge in [0.15, 0.2) is 0 Å². The van der Waals surface area contributed by atoms with Crippen LogP contribution >= 0.6 is 0 Å². The van der Waals surface area contributed by atoms with Gasteiger partial charge in [-0.05, 0) is 49.5 Å². The molecule has 0 saturated heterocycles. The van der Waals surface area contributed by atoms with Crippen LogP contribution in [0.5, 0.6) is 0 Å². The molecule has 0 unspecified atom stereocenters. The topological polar surface area (TPSA) is 46.2 Å². The molecule has 14 heavy (non-hydrogen) atoms. The van der Waals surface area contributed by atoms with E-state index in [1.54, 1.807) is 0 Å². The van der Waals surface area contributed by atoms with Crippen LogP contribution in [0, 0.1) is 17.3 Å². The molecule has 2 heteroatoms. The molecule has 0 radical (unpaired) electrons. The highest BCUT2D eigenvalue weighted by Gasteiger charge is 2.48. The maximum absolute atomic E-state index is 9.44. The van der Waals surface area contributed by atoms with E-state index in [2.05, 4.69) is 6.92 Å². The molecule has 0 aromatic carbocycles. The molecule has 0 aliphatic heterocycles. The zero-order valence-corrected chi connectivity index (χ0v) is 9.21. The van der Waals surface area contributed by atoms with Crippen LogP contribution in [0.25, 0.3) is 0 Å². The summed E-state index contributed by atoms with van der Waals surface area (Å²) in [6, 6.07) is 0. The van der Waals surface area contributed by atoms with Crippen molar-refractivity contribution in [2.24, 2.45) is 23.0 Å². The van der Waals surface area contributed by atoms with Gasteiger partial charge >= 0.3 is 0 Å². The van der Waals surface area contributed by atoms with Gasteiger partial charge in [-0.3, -0.25) is 0 Å². The lowest BCUT2D eigenvalue weighted by atomic mass is 9.56. The van der Waals surface area contributed by atoms with Crippen LogP contribution in [-0.2, 0) is 0 Å². The van der Waals surface area contributed by atoms with Gasteiger partial charge in [-0.25, -0.2) is 0 Å². The van der Waals surface area contributed by atoms with E-state index in [0.29, 0.717) is 5.41 Å². The third-order valence-corrected chi connectivity index (χ3v) is 4.57. The van der Waals surface area contributed by atoms with E-state index in [0.717, 1.165) is 31.2 Å². The summed E-state index contributed by atoms with van der Waals surface area (Å²) in [4.78, 5) is 0. The first-order chi connectivity index (χ1) is 6.66. The molecule has 2 nitrogen and oxygen atoms in total. The number of aliphatic hydroxyl groups is 1. The average molecular weight is 197 g/mol. The molecule has 0 aromatic rings. The molecule has 0 atom stereocenters. The Kier molecular flexibility index (Phi) is 2.85. The number of aliphatic hydroxyl groups excluding tert-OH is 1. The summed E-state index contributed by atoms with van der Waals surface area (Å²) >= 11 is 0. The minimum atomic E-state index is -0.0575. The Morgan fingerprint density at radius 2 is 1.79 bits per heavy atom. The number of hydrogen-bond donors (Lipinski definition) is 2. The highest BCUT2D eigenvalue weighted by atomic mass is 16.3. The Labute approximate surface area is 86.9 Å². The molecule has 0 heterocycles. The highest BCUT2D eigenvalue weighted by Crippen LogP contribution is 2.51. The first-order valence-corrected chi connectivity index (χ1v) is 6.04. The Hall–Kier alpha value is -0.0800. The molecule has 2 rings (SSSR count). The summed E-state index contributed by atoms with van der Waals surface area (Å²) in [6.07, 6.45) is 7.27. The van der Waals surface area contributed by atoms with Crippen molar-refractivity contribution in [3.63, 3.8) is 0 Å². The maximum atomic E-state index is 9.44. The fourth-order valence-electron chi connectivity index (χ4n) is 3.42. The van der Waals surface area contributed by atoms with E-state index in [1.807, 2.05) is 0 Å². The predicted molar refractivity (Wildman–Crippen MR) is 57.9 cm³/mol. The SMILES string of the molecule is CC1CCC(C2(CN)CC(O)C2)CC1. The van der Waals surface area contributed by atoms with E-state index < -0.39 is 0 Å². The maximum Gasteiger partial charge on any atom is 0.0552 e. The van der Waals surface area contributed by atoms with Crippen molar-refractivity contribution in [3.8, 4) is 0 Å². The lowest BCUT2D eigenvalue weighted by Crippen LogP contribution is -2.51. The fourth-order valence-corrected chi connectivity index (χ4v) is 3.42. The summed E-state index contributed by atoms with van der Waals surface area (Å²) in [7, 11) is 0. The van der Waals surface area contributed by atoms with Crippen molar-refractivity contribution in [1.29, 1.82) is 0 Å². The minimum absolute atomic E-state index is 0.0575. The third kappa shape index (κ3) is 1.70. The summed E-state index contributed by atoms with van der Waals surface area (Å²) in [5.41, 5.74) is 6.20. The molecular weight excluding hydrogens is 174 g/mol. The number of rotatable bonds is 2. The molecule has 0 spiro atoms. The number of nitrogens with two attached hydrogens (primary N) is 1. The van der Waals surface area contributed by atoms with Crippen molar-refractivity contribution in [2.75, 3.05) is 6.54 Å². The second-order valence-corrected chi connectivity index (χ2v) is 5.59. The normalized spacial score (nSPS) is 48.6. The molecular formula is C12H23NO. The zero-order chi connectivity index (χ0) is 10.2. The lowest BCUT2D eigenvalue weighted by molar-refractivity contribution is -0.0759. The van der Waals surface area contributed by atoms with E-state index >= 15 is 0 Å². The molecule has 0 amide bonds. The van der Waals surface area contributed by atoms with Crippen LogP contribution in [-0.4, -0.2) is 17.8 Å². The van der Waals surface area contributed by atoms with Gasteiger partial charge in [-0.2, -0.15) is 0 Å². The van der Waals surface area contributed by atoms with Crippen LogP contribution in [0.1, 0.15) is 45.4 Å². The summed E-state index contributed by atoms with van der Waals surface area (Å²) in [6.45, 7) is 3.13. The van der Waals surface area contributed by atoms with Crippen LogP contribution in [0.3, 0.4) is 0 Å². The van der Waals surface area contributed by atoms with Crippen molar-refractivity contribution < 1.29 is 5.11 Å². The van der Waals surface area contributed by atoms with Crippen LogP contribution in [0.4, 0.5) is 0 Å². The third-order valence-electron chi connectivity index (χ3n) is 4.57. The largest absolute Gasteiger partial charge is 0.393 e. The van der Waals surface area contributed by atoms with E-state index in [9.17, 15) is 5.11 Å². The van der Waals surface area contributed by atoms with E-state index in [1.165, 1.54) is 25.7 Å². The van der Waals surface area contributed by atoms with Gasteiger partial charge in [-0.1, -0.05) is 19.8 Å². The minimum Gasteiger partial charge on any atom is -0.393 e. The van der Waals surface area contributed by atoms with Crippen molar-refractivity contribution in [2.45, 2.75) is 51.6 Å². The van der Waals surface area contributed by atoms with Crippen LogP contribution < -0.4 is 5.73 Å². The molecule has 0 aromatic heterocycles. The summed E-state index contributed by atoms with van der Waals surface area (Å²) < 4.78 is 0. The zero-order valence-electron chi connectivity index (χ0n) is 9.21. The van der Waals surface area contributed by atoms with Gasteiger partial charge in [0.05, 0.1) is 6.10 Å². The van der Waals surface area contributed by atoms with Gasteiger partial charge in [0.2, 0.25) is 0 Å². The van der Waals surface area contributed by atoms with Crippen LogP contribution in [0.2, 0.25) is 0 Å². The molecule has 2 fully saturated rings. The van der Waals surface area contributed by atoms with Crippen molar-refractivity contribution in [3.05, 3.63) is 0 Å². The first kappa shape index (κ1) is 10.4. The fraction of sp³-hybridized carbons (Fsp3) is 1.00. The Balaban J connectivity index is 1.93. The standard InChI is InChI=1S/C12H23NO/c1-9-2-4-10(5-3-9)12(8-13)6-11(14)7-12/h9-11,14H,2-8,13H2,1H3. The van der Waals surface area contributed by atoms with Crippen molar-refractivity contribution in [1.82, 2.24) is 0 Å². The Morgan fingerprint density at radius 1 is 1.21 bits per heavy atom. The number of hydrogen-bond acceptors (Lipinski definition) is 2. The van der Waals surface area contributed by atoms with Gasteiger partial charge in [0, 0.05) is 0 Å². The summed E-state index contributed by atoms with van der Waals surface area (Å²) in [5, 5.41) is 9.44. The van der Waals surface area contributed by atoms with Gasteiger partial charge in [-0.15, -0.1) is 0 Å². The molecule has 0 bridgehead atoms. The molecule has 2 aliphatic rings. The van der Waals surface area contributed by atoms with Crippen molar-refractivity contribution >= 4 is 0 Å². The molecule has 2 saturated carbocycles. The second-order valence-electron chi connectivity index (χ2n) is 5.59. The quantitative estimate of drug-likeness (QED) is 0.710. The molecule has 82 valence electrons. The van der Waals surface area contributed by atoms with Gasteiger partial charge in [0.25, 0.3) is 0 Å². The lowest BCUT2D eigenvalue weighted by Gasteiger charge is -2.52. The first-order valence-electron chi connectivity index (χ1n) is 6.04. The van der Waals surface area contributed by atoms with E-state index in [-0.39, 0.29) is 6.10 Å². The van der Waals surface area contributed by atoms with Gasteiger partial charge in [0.1, 0.15) is 0 Å². The predicted octanol–water partition coefficient (Wildman–Crippen LogP) is 1.91. The monoisotopic (exact) mass is 197 g/mol. The highest BCUT2D eigenvalue weighted by molar-refractivity contribution is 4.99. The molecule has 2 aliphatic carbocycles. The average Bonchev–Trinajstić information content (AvgIpc) is 2.14. The second kappa shape index (κ2) is 3.82. The van der Waals surface area contributed by atoms with Gasteiger partial charge < -0.3 is 10.8 Å². The summed E-state index contributed by atoms with van der Waals surface area (Å²) in [5.74, 6) is 1.71. The Morgan fingerprint density at radius 3 is 2.21 bits per heavy atom. The van der Waals surface area contributed by atoms with Crippen LogP contribution in [0.15, 0.2) is 0 Å². The molecule has 3 N–H and O–H groups in total. The Bertz CT molecular complexity index is 190. The smallest absolute Gasteiger partial charge is 0.0552 e.